The van der Waals surface area contributed by atoms with Gasteiger partial charge in [0.15, 0.2) is 5.75 Å². The van der Waals surface area contributed by atoms with Crippen molar-refractivity contribution in [1.29, 1.82) is 0 Å². The van der Waals surface area contributed by atoms with Crippen LogP contribution in [-0.2, 0) is 6.54 Å². The molecule has 0 radical (unpaired) electrons. The largest absolute Gasteiger partial charge is 0.497 e. The molecule has 0 aliphatic carbocycles. The van der Waals surface area contributed by atoms with Crippen LogP contribution in [0.25, 0.3) is 0 Å². The molecule has 0 saturated carbocycles. The van der Waals surface area contributed by atoms with E-state index >= 15 is 0 Å². The molecule has 3 nitrogen and oxygen atoms in total. The molecule has 5 heteroatoms. The van der Waals surface area contributed by atoms with Crippen molar-refractivity contribution in [3.8, 4) is 17.2 Å². The summed E-state index contributed by atoms with van der Waals surface area (Å²) >= 11 is 9.70. The van der Waals surface area contributed by atoms with E-state index in [1.54, 1.807) is 7.11 Å². The third-order valence-corrected chi connectivity index (χ3v) is 3.68. The maximum absolute atomic E-state index is 6.23. The fourth-order valence-electron chi connectivity index (χ4n) is 1.80. The van der Waals surface area contributed by atoms with Crippen molar-refractivity contribution in [2.75, 3.05) is 14.2 Å². The second kappa shape index (κ2) is 6.97. The van der Waals surface area contributed by atoms with Crippen molar-refractivity contribution in [3.05, 3.63) is 51.5 Å². The summed E-state index contributed by atoms with van der Waals surface area (Å²) in [6.07, 6.45) is 0. The van der Waals surface area contributed by atoms with Gasteiger partial charge in [-0.05, 0) is 47.2 Å². The van der Waals surface area contributed by atoms with Gasteiger partial charge in [0.25, 0.3) is 0 Å². The molecule has 0 unspecified atom stereocenters. The molecule has 0 atom stereocenters. The third kappa shape index (κ3) is 3.45. The molecule has 0 saturated heterocycles. The molecule has 106 valence electrons. The molecular formula is C15H15BrClNO2. The lowest BCUT2D eigenvalue weighted by Crippen LogP contribution is -2.06. The molecule has 0 bridgehead atoms. The zero-order valence-corrected chi connectivity index (χ0v) is 13.6. The lowest BCUT2D eigenvalue weighted by molar-refractivity contribution is 0.412. The van der Waals surface area contributed by atoms with Crippen molar-refractivity contribution in [2.24, 2.45) is 0 Å². The second-order valence-electron chi connectivity index (χ2n) is 4.16. The Balaban J connectivity index is 2.34. The van der Waals surface area contributed by atoms with Crippen molar-refractivity contribution in [1.82, 2.24) is 5.32 Å². The van der Waals surface area contributed by atoms with E-state index in [2.05, 4.69) is 21.2 Å². The summed E-state index contributed by atoms with van der Waals surface area (Å²) in [4.78, 5) is 0. The quantitative estimate of drug-likeness (QED) is 0.848. The standard InChI is InChI=1S/C15H15BrClNO2/c1-18-9-10-4-3-5-13(17)15(10)20-14-7-6-11(19-2)8-12(14)16/h3-8,18H,9H2,1-2H3. The Hall–Kier alpha value is -1.23. The Labute approximate surface area is 132 Å². The molecular weight excluding hydrogens is 342 g/mol. The topological polar surface area (TPSA) is 30.5 Å². The highest BCUT2D eigenvalue weighted by molar-refractivity contribution is 9.10. The van der Waals surface area contributed by atoms with Gasteiger partial charge in [0.2, 0.25) is 0 Å². The van der Waals surface area contributed by atoms with Crippen LogP contribution in [0.1, 0.15) is 5.56 Å². The number of hydrogen-bond acceptors (Lipinski definition) is 3. The highest BCUT2D eigenvalue weighted by Gasteiger charge is 2.11. The van der Waals surface area contributed by atoms with E-state index in [0.29, 0.717) is 23.1 Å². The normalized spacial score (nSPS) is 10.4. The monoisotopic (exact) mass is 355 g/mol. The molecule has 1 N–H and O–H groups in total. The zero-order chi connectivity index (χ0) is 14.5. The Morgan fingerprint density at radius 2 is 2.05 bits per heavy atom. The molecule has 2 rings (SSSR count). The van der Waals surface area contributed by atoms with Gasteiger partial charge >= 0.3 is 0 Å². The van der Waals surface area contributed by atoms with Crippen molar-refractivity contribution < 1.29 is 9.47 Å². The number of ether oxygens (including phenoxy) is 2. The average Bonchev–Trinajstić information content (AvgIpc) is 2.44. The summed E-state index contributed by atoms with van der Waals surface area (Å²) < 4.78 is 11.9. The number of para-hydroxylation sites is 1. The van der Waals surface area contributed by atoms with Crippen LogP contribution in [-0.4, -0.2) is 14.2 Å². The van der Waals surface area contributed by atoms with E-state index in [4.69, 9.17) is 21.1 Å². The summed E-state index contributed by atoms with van der Waals surface area (Å²) in [5, 5.41) is 3.68. The number of methoxy groups -OCH3 is 1. The van der Waals surface area contributed by atoms with Crippen LogP contribution >= 0.6 is 27.5 Å². The molecule has 2 aromatic carbocycles. The molecule has 0 spiro atoms. The Kier molecular flexibility index (Phi) is 5.29. The first-order valence-electron chi connectivity index (χ1n) is 6.09. The molecule has 0 amide bonds. The number of benzene rings is 2. The van der Waals surface area contributed by atoms with Gasteiger partial charge in [-0.15, -0.1) is 0 Å². The maximum Gasteiger partial charge on any atom is 0.150 e. The van der Waals surface area contributed by atoms with Crippen LogP contribution in [0.4, 0.5) is 0 Å². The minimum absolute atomic E-state index is 0.584. The maximum atomic E-state index is 6.23. The lowest BCUT2D eigenvalue weighted by atomic mass is 10.2. The van der Waals surface area contributed by atoms with Crippen molar-refractivity contribution >= 4 is 27.5 Å². The summed E-state index contributed by atoms with van der Waals surface area (Å²) in [7, 11) is 3.51. The van der Waals surface area contributed by atoms with E-state index in [1.165, 1.54) is 0 Å². The van der Waals surface area contributed by atoms with E-state index < -0.39 is 0 Å². The van der Waals surface area contributed by atoms with Crippen LogP contribution in [0.15, 0.2) is 40.9 Å². The highest BCUT2D eigenvalue weighted by Crippen LogP contribution is 2.37. The predicted molar refractivity (Wildman–Crippen MR) is 85.0 cm³/mol. The fourth-order valence-corrected chi connectivity index (χ4v) is 2.47. The summed E-state index contributed by atoms with van der Waals surface area (Å²) in [6, 6.07) is 11.2. The Morgan fingerprint density at radius 3 is 2.70 bits per heavy atom. The number of hydrogen-bond donors (Lipinski definition) is 1. The van der Waals surface area contributed by atoms with Gasteiger partial charge in [-0.25, -0.2) is 0 Å². The smallest absolute Gasteiger partial charge is 0.150 e. The molecule has 2 aromatic rings. The van der Waals surface area contributed by atoms with Gasteiger partial charge in [-0.1, -0.05) is 23.7 Å². The molecule has 0 fully saturated rings. The summed E-state index contributed by atoms with van der Waals surface area (Å²) in [5.74, 6) is 2.12. The van der Waals surface area contributed by atoms with E-state index in [9.17, 15) is 0 Å². The van der Waals surface area contributed by atoms with Crippen molar-refractivity contribution in [2.45, 2.75) is 6.54 Å². The van der Waals surface area contributed by atoms with Gasteiger partial charge in [0.05, 0.1) is 16.6 Å². The number of rotatable bonds is 5. The molecule has 0 aliphatic heterocycles. The van der Waals surface area contributed by atoms with Gasteiger partial charge < -0.3 is 14.8 Å². The van der Waals surface area contributed by atoms with Crippen molar-refractivity contribution in [3.63, 3.8) is 0 Å². The van der Waals surface area contributed by atoms with Crippen LogP contribution in [0.3, 0.4) is 0 Å². The first-order valence-corrected chi connectivity index (χ1v) is 7.26. The summed E-state index contributed by atoms with van der Waals surface area (Å²) in [5.41, 5.74) is 1.00. The molecule has 20 heavy (non-hydrogen) atoms. The zero-order valence-electron chi connectivity index (χ0n) is 11.2. The van der Waals surface area contributed by atoms with Gasteiger partial charge in [-0.2, -0.15) is 0 Å². The summed E-state index contributed by atoms with van der Waals surface area (Å²) in [6.45, 7) is 0.684. The average molecular weight is 357 g/mol. The SMILES string of the molecule is CNCc1cccc(Cl)c1Oc1ccc(OC)cc1Br. The molecule has 0 aliphatic rings. The first-order chi connectivity index (χ1) is 9.65. The van der Waals surface area contributed by atoms with E-state index in [0.717, 1.165) is 15.8 Å². The van der Waals surface area contributed by atoms with Crippen LogP contribution in [0, 0.1) is 0 Å². The van der Waals surface area contributed by atoms with Crippen LogP contribution in [0.5, 0.6) is 17.2 Å². The number of halogens is 2. The number of nitrogens with one attached hydrogen (secondary N) is 1. The predicted octanol–water partition coefficient (Wildman–Crippen LogP) is 4.62. The van der Waals surface area contributed by atoms with Gasteiger partial charge in [0.1, 0.15) is 11.5 Å². The minimum Gasteiger partial charge on any atom is -0.497 e. The Morgan fingerprint density at radius 1 is 1.25 bits per heavy atom. The fraction of sp³-hybridized carbons (Fsp3) is 0.200. The molecule has 0 heterocycles. The van der Waals surface area contributed by atoms with Gasteiger partial charge in [0, 0.05) is 12.1 Å². The lowest BCUT2D eigenvalue weighted by Gasteiger charge is -2.14. The third-order valence-electron chi connectivity index (χ3n) is 2.77. The second-order valence-corrected chi connectivity index (χ2v) is 5.42. The van der Waals surface area contributed by atoms with Crippen LogP contribution in [0.2, 0.25) is 5.02 Å². The van der Waals surface area contributed by atoms with Crippen LogP contribution < -0.4 is 14.8 Å². The van der Waals surface area contributed by atoms with E-state index in [-0.39, 0.29) is 0 Å². The first kappa shape index (κ1) is 15.2. The highest BCUT2D eigenvalue weighted by atomic mass is 79.9. The Bertz CT molecular complexity index is 604. The molecule has 0 aromatic heterocycles. The van der Waals surface area contributed by atoms with E-state index in [1.807, 2.05) is 43.4 Å². The minimum atomic E-state index is 0.584. The van der Waals surface area contributed by atoms with Gasteiger partial charge in [-0.3, -0.25) is 0 Å².